The Balaban J connectivity index is 1.90. The molecule has 0 atom stereocenters. The van der Waals surface area contributed by atoms with Crippen molar-refractivity contribution >= 4 is 11.8 Å². The summed E-state index contributed by atoms with van der Waals surface area (Å²) in [7, 11) is 0. The number of rotatable bonds is 3. The molecule has 1 saturated heterocycles. The Kier molecular flexibility index (Phi) is 4.47. The van der Waals surface area contributed by atoms with Crippen LogP contribution in [0.1, 0.15) is 36.4 Å². The monoisotopic (exact) mass is 278 g/mol. The SMILES string of the molecule is Cc1occc1C(=O)N1CCN(C(=O)CC(C)C)CC1. The predicted molar refractivity (Wildman–Crippen MR) is 75.4 cm³/mol. The van der Waals surface area contributed by atoms with Gasteiger partial charge in [0.25, 0.3) is 5.91 Å². The van der Waals surface area contributed by atoms with Gasteiger partial charge in [0, 0.05) is 32.6 Å². The zero-order valence-electron chi connectivity index (χ0n) is 12.4. The Labute approximate surface area is 119 Å². The van der Waals surface area contributed by atoms with Gasteiger partial charge in [0.15, 0.2) is 0 Å². The molecule has 0 aromatic carbocycles. The zero-order valence-corrected chi connectivity index (χ0v) is 12.4. The van der Waals surface area contributed by atoms with Crippen molar-refractivity contribution in [3.05, 3.63) is 23.7 Å². The van der Waals surface area contributed by atoms with Crippen LogP contribution in [0, 0.1) is 12.8 Å². The van der Waals surface area contributed by atoms with E-state index in [-0.39, 0.29) is 11.8 Å². The Hall–Kier alpha value is -1.78. The number of furan rings is 1. The smallest absolute Gasteiger partial charge is 0.257 e. The van der Waals surface area contributed by atoms with E-state index in [0.717, 1.165) is 0 Å². The molecule has 2 rings (SSSR count). The first kappa shape index (κ1) is 14.6. The van der Waals surface area contributed by atoms with Gasteiger partial charge >= 0.3 is 0 Å². The second-order valence-corrected chi connectivity index (χ2v) is 5.66. The summed E-state index contributed by atoms with van der Waals surface area (Å²) in [6.07, 6.45) is 2.11. The lowest BCUT2D eigenvalue weighted by molar-refractivity contribution is -0.133. The van der Waals surface area contributed by atoms with Crippen LogP contribution in [0.4, 0.5) is 0 Å². The second kappa shape index (κ2) is 6.11. The largest absolute Gasteiger partial charge is 0.469 e. The van der Waals surface area contributed by atoms with Gasteiger partial charge in [-0.2, -0.15) is 0 Å². The van der Waals surface area contributed by atoms with Crippen LogP contribution >= 0.6 is 0 Å². The minimum absolute atomic E-state index is 0.00721. The molecular formula is C15H22N2O3. The molecule has 20 heavy (non-hydrogen) atoms. The van der Waals surface area contributed by atoms with Gasteiger partial charge in [-0.05, 0) is 18.9 Å². The molecule has 0 saturated carbocycles. The standard InChI is InChI=1S/C15H22N2O3/c1-11(2)10-14(18)16-5-7-17(8-6-16)15(19)13-4-9-20-12(13)3/h4,9,11H,5-8,10H2,1-3H3. The molecule has 0 spiro atoms. The van der Waals surface area contributed by atoms with Crippen molar-refractivity contribution < 1.29 is 14.0 Å². The Bertz CT molecular complexity index is 485. The Morgan fingerprint density at radius 1 is 1.20 bits per heavy atom. The number of piperazine rings is 1. The topological polar surface area (TPSA) is 53.8 Å². The van der Waals surface area contributed by atoms with Crippen LogP contribution in [-0.2, 0) is 4.79 Å². The van der Waals surface area contributed by atoms with Crippen LogP contribution in [0.15, 0.2) is 16.7 Å². The molecule has 1 fully saturated rings. The highest BCUT2D eigenvalue weighted by Gasteiger charge is 2.26. The fourth-order valence-corrected chi connectivity index (χ4v) is 2.41. The van der Waals surface area contributed by atoms with Crippen molar-refractivity contribution in [2.45, 2.75) is 27.2 Å². The lowest BCUT2D eigenvalue weighted by atomic mass is 10.1. The molecule has 0 unspecified atom stereocenters. The number of hydrogen-bond acceptors (Lipinski definition) is 3. The number of carbonyl (C=O) groups excluding carboxylic acids is 2. The third-order valence-electron chi connectivity index (χ3n) is 3.59. The van der Waals surface area contributed by atoms with Crippen molar-refractivity contribution in [1.29, 1.82) is 0 Å². The first-order chi connectivity index (χ1) is 9.49. The highest BCUT2D eigenvalue weighted by Crippen LogP contribution is 2.14. The van der Waals surface area contributed by atoms with Gasteiger partial charge in [0.2, 0.25) is 5.91 Å². The van der Waals surface area contributed by atoms with Crippen LogP contribution < -0.4 is 0 Å². The van der Waals surface area contributed by atoms with Crippen molar-refractivity contribution in [2.24, 2.45) is 5.92 Å². The average molecular weight is 278 g/mol. The van der Waals surface area contributed by atoms with Gasteiger partial charge in [-0.1, -0.05) is 13.8 Å². The molecule has 1 aromatic rings. The van der Waals surface area contributed by atoms with E-state index in [2.05, 4.69) is 0 Å². The summed E-state index contributed by atoms with van der Waals surface area (Å²) in [4.78, 5) is 27.9. The number of nitrogens with zero attached hydrogens (tertiary/aromatic N) is 2. The summed E-state index contributed by atoms with van der Waals surface area (Å²) in [6.45, 7) is 8.29. The van der Waals surface area contributed by atoms with Gasteiger partial charge in [-0.25, -0.2) is 0 Å². The van der Waals surface area contributed by atoms with Gasteiger partial charge in [0.05, 0.1) is 11.8 Å². The minimum Gasteiger partial charge on any atom is -0.469 e. The van der Waals surface area contributed by atoms with Crippen LogP contribution in [0.25, 0.3) is 0 Å². The zero-order chi connectivity index (χ0) is 14.7. The van der Waals surface area contributed by atoms with Gasteiger partial charge in [-0.3, -0.25) is 9.59 Å². The second-order valence-electron chi connectivity index (χ2n) is 5.66. The number of hydrogen-bond donors (Lipinski definition) is 0. The first-order valence-corrected chi connectivity index (χ1v) is 7.10. The van der Waals surface area contributed by atoms with Crippen molar-refractivity contribution in [1.82, 2.24) is 9.80 Å². The molecule has 2 heterocycles. The third-order valence-corrected chi connectivity index (χ3v) is 3.59. The van der Waals surface area contributed by atoms with Crippen molar-refractivity contribution in [3.63, 3.8) is 0 Å². The molecule has 1 aliphatic rings. The first-order valence-electron chi connectivity index (χ1n) is 7.10. The summed E-state index contributed by atoms with van der Waals surface area (Å²) < 4.78 is 5.17. The molecule has 0 bridgehead atoms. The van der Waals surface area contributed by atoms with Crippen LogP contribution in [0.3, 0.4) is 0 Å². The van der Waals surface area contributed by atoms with E-state index >= 15 is 0 Å². The van der Waals surface area contributed by atoms with E-state index in [1.54, 1.807) is 17.9 Å². The summed E-state index contributed by atoms with van der Waals surface area (Å²) >= 11 is 0. The van der Waals surface area contributed by atoms with E-state index in [4.69, 9.17) is 4.42 Å². The maximum Gasteiger partial charge on any atom is 0.257 e. The van der Waals surface area contributed by atoms with Gasteiger partial charge in [0.1, 0.15) is 5.76 Å². The van der Waals surface area contributed by atoms with Crippen LogP contribution in [0.2, 0.25) is 0 Å². The number of aryl methyl sites for hydroxylation is 1. The molecule has 1 aliphatic heterocycles. The molecule has 1 aromatic heterocycles. The molecule has 5 nitrogen and oxygen atoms in total. The van der Waals surface area contributed by atoms with Gasteiger partial charge < -0.3 is 14.2 Å². The normalized spacial score (nSPS) is 15.8. The fraction of sp³-hybridized carbons (Fsp3) is 0.600. The van der Waals surface area contributed by atoms with Crippen molar-refractivity contribution in [3.8, 4) is 0 Å². The molecular weight excluding hydrogens is 256 g/mol. The van der Waals surface area contributed by atoms with Crippen molar-refractivity contribution in [2.75, 3.05) is 26.2 Å². The summed E-state index contributed by atoms with van der Waals surface area (Å²) in [5.74, 6) is 1.20. The Morgan fingerprint density at radius 2 is 1.80 bits per heavy atom. The summed E-state index contributed by atoms with van der Waals surface area (Å²) in [5.41, 5.74) is 0.618. The number of carbonyl (C=O) groups is 2. The lowest BCUT2D eigenvalue weighted by Gasteiger charge is -2.35. The van der Waals surface area contributed by atoms with E-state index in [9.17, 15) is 9.59 Å². The Morgan fingerprint density at radius 3 is 2.30 bits per heavy atom. The lowest BCUT2D eigenvalue weighted by Crippen LogP contribution is -2.50. The molecule has 0 aliphatic carbocycles. The quantitative estimate of drug-likeness (QED) is 0.848. The van der Waals surface area contributed by atoms with E-state index < -0.39 is 0 Å². The summed E-state index contributed by atoms with van der Waals surface area (Å²) in [5, 5.41) is 0. The molecule has 0 N–H and O–H groups in total. The highest BCUT2D eigenvalue weighted by atomic mass is 16.3. The maximum absolute atomic E-state index is 12.3. The summed E-state index contributed by atoms with van der Waals surface area (Å²) in [6, 6.07) is 1.70. The molecule has 110 valence electrons. The van der Waals surface area contributed by atoms with E-state index in [1.165, 1.54) is 6.26 Å². The predicted octanol–water partition coefficient (Wildman–Crippen LogP) is 1.92. The van der Waals surface area contributed by atoms with Gasteiger partial charge in [-0.15, -0.1) is 0 Å². The fourth-order valence-electron chi connectivity index (χ4n) is 2.41. The minimum atomic E-state index is -0.00721. The molecule has 0 radical (unpaired) electrons. The van der Waals surface area contributed by atoms with Crippen LogP contribution in [-0.4, -0.2) is 47.8 Å². The highest BCUT2D eigenvalue weighted by molar-refractivity contribution is 5.95. The average Bonchev–Trinajstić information content (AvgIpc) is 2.83. The van der Waals surface area contributed by atoms with E-state index in [1.807, 2.05) is 18.7 Å². The third kappa shape index (κ3) is 3.21. The number of amides is 2. The van der Waals surface area contributed by atoms with E-state index in [0.29, 0.717) is 49.8 Å². The molecule has 5 heteroatoms. The van der Waals surface area contributed by atoms with Crippen LogP contribution in [0.5, 0.6) is 0 Å². The maximum atomic E-state index is 12.3. The molecule has 2 amide bonds.